The number of aromatic nitrogens is 2. The first-order valence-electron chi connectivity index (χ1n) is 4.14. The van der Waals surface area contributed by atoms with Crippen LogP contribution in [0, 0.1) is 16.3 Å². The molecule has 0 saturated carbocycles. The lowest BCUT2D eigenvalue weighted by atomic mass is 10.2. The third-order valence-electron chi connectivity index (χ3n) is 1.97. The van der Waals surface area contributed by atoms with Crippen LogP contribution in [0.5, 0.6) is 0 Å². The van der Waals surface area contributed by atoms with Gasteiger partial charge >= 0.3 is 0 Å². The Kier molecular flexibility index (Phi) is 2.54. The quantitative estimate of drug-likeness (QED) is 0.741. The molecule has 2 rings (SSSR count). The summed E-state index contributed by atoms with van der Waals surface area (Å²) in [5.74, 6) is -0.246. The Morgan fingerprint density at radius 3 is 2.79 bits per heavy atom. The number of nitrogens with zero attached hydrogens (tertiary/aromatic N) is 2. The van der Waals surface area contributed by atoms with Crippen molar-refractivity contribution < 1.29 is 4.39 Å². The smallest absolute Gasteiger partial charge is 0.149 e. The predicted molar refractivity (Wildman–Crippen MR) is 61.0 cm³/mol. The fraction of sp³-hybridized carbons (Fsp3) is 0.100. The van der Waals surface area contributed by atoms with E-state index in [4.69, 9.17) is 0 Å². The molecule has 1 aromatic heterocycles. The van der Waals surface area contributed by atoms with Crippen LogP contribution in [0.4, 0.5) is 4.39 Å². The first-order chi connectivity index (χ1) is 6.68. The maximum Gasteiger partial charge on any atom is 0.149 e. The van der Waals surface area contributed by atoms with E-state index >= 15 is 0 Å². The molecule has 4 heteroatoms. The molecule has 0 saturated heterocycles. The van der Waals surface area contributed by atoms with Gasteiger partial charge in [0.05, 0.1) is 9.77 Å². The molecule has 0 amide bonds. The van der Waals surface area contributed by atoms with Gasteiger partial charge in [-0.05, 0) is 41.1 Å². The highest BCUT2D eigenvalue weighted by molar-refractivity contribution is 14.1. The van der Waals surface area contributed by atoms with E-state index in [9.17, 15) is 4.39 Å². The second kappa shape index (κ2) is 3.68. The molecule has 2 nitrogen and oxygen atoms in total. The Bertz CT molecular complexity index is 445. The monoisotopic (exact) mass is 302 g/mol. The summed E-state index contributed by atoms with van der Waals surface area (Å²) in [6, 6.07) is 5.01. The molecule has 0 fully saturated rings. The fourth-order valence-electron chi connectivity index (χ4n) is 1.34. The topological polar surface area (TPSA) is 17.8 Å². The van der Waals surface area contributed by atoms with Gasteiger partial charge in [-0.2, -0.15) is 5.10 Å². The van der Waals surface area contributed by atoms with E-state index in [0.29, 0.717) is 5.69 Å². The molecule has 0 N–H and O–H groups in total. The van der Waals surface area contributed by atoms with Gasteiger partial charge in [-0.15, -0.1) is 0 Å². The average molecular weight is 302 g/mol. The lowest BCUT2D eigenvalue weighted by molar-refractivity contribution is 0.609. The first-order valence-corrected chi connectivity index (χ1v) is 5.22. The van der Waals surface area contributed by atoms with Crippen LogP contribution in [-0.4, -0.2) is 9.78 Å². The third-order valence-corrected chi connectivity index (χ3v) is 2.53. The molecule has 0 atom stereocenters. The highest BCUT2D eigenvalue weighted by Gasteiger charge is 2.07. The highest BCUT2D eigenvalue weighted by Crippen LogP contribution is 2.17. The summed E-state index contributed by atoms with van der Waals surface area (Å²) in [5.41, 5.74) is 1.40. The molecule has 1 aromatic carbocycles. The number of hydrogen-bond acceptors (Lipinski definition) is 1. The van der Waals surface area contributed by atoms with Crippen LogP contribution in [0.3, 0.4) is 0 Å². The van der Waals surface area contributed by atoms with Crippen LogP contribution in [0.2, 0.25) is 0 Å². The molecule has 72 valence electrons. The molecule has 0 radical (unpaired) electrons. The van der Waals surface area contributed by atoms with Crippen molar-refractivity contribution in [2.45, 2.75) is 6.92 Å². The summed E-state index contributed by atoms with van der Waals surface area (Å²) >= 11 is 2.15. The number of aryl methyl sites for hydroxylation is 1. The zero-order valence-corrected chi connectivity index (χ0v) is 9.69. The van der Waals surface area contributed by atoms with Crippen LogP contribution in [0.1, 0.15) is 5.56 Å². The largest absolute Gasteiger partial charge is 0.237 e. The average Bonchev–Trinajstić information content (AvgIpc) is 2.51. The highest BCUT2D eigenvalue weighted by atomic mass is 127. The summed E-state index contributed by atoms with van der Waals surface area (Å²) in [6.07, 6.45) is 3.50. The Hall–Kier alpha value is -0.910. The van der Waals surface area contributed by atoms with Crippen molar-refractivity contribution in [3.05, 3.63) is 45.5 Å². The lowest BCUT2D eigenvalue weighted by Gasteiger charge is -2.05. The maximum absolute atomic E-state index is 13.5. The van der Waals surface area contributed by atoms with Gasteiger partial charge in [0.2, 0.25) is 0 Å². The number of rotatable bonds is 1. The van der Waals surface area contributed by atoms with E-state index in [2.05, 4.69) is 27.7 Å². The van der Waals surface area contributed by atoms with Crippen molar-refractivity contribution >= 4 is 22.6 Å². The Morgan fingerprint density at radius 2 is 2.21 bits per heavy atom. The van der Waals surface area contributed by atoms with Crippen molar-refractivity contribution in [2.24, 2.45) is 0 Å². The van der Waals surface area contributed by atoms with Crippen molar-refractivity contribution in [3.63, 3.8) is 0 Å². The predicted octanol–water partition coefficient (Wildman–Crippen LogP) is 2.92. The molecule has 0 unspecified atom stereocenters. The summed E-state index contributed by atoms with van der Waals surface area (Å²) < 4.78 is 16.0. The lowest BCUT2D eigenvalue weighted by Crippen LogP contribution is -2.00. The molecule has 2 aromatic rings. The van der Waals surface area contributed by atoms with Gasteiger partial charge in [0.1, 0.15) is 11.5 Å². The third kappa shape index (κ3) is 1.66. The summed E-state index contributed by atoms with van der Waals surface area (Å²) in [7, 11) is 0. The van der Waals surface area contributed by atoms with Crippen LogP contribution < -0.4 is 0 Å². The zero-order valence-electron chi connectivity index (χ0n) is 7.54. The molecule has 14 heavy (non-hydrogen) atoms. The van der Waals surface area contributed by atoms with Crippen LogP contribution >= 0.6 is 22.6 Å². The molecular weight excluding hydrogens is 294 g/mol. The van der Waals surface area contributed by atoms with E-state index in [0.717, 1.165) is 9.13 Å². The van der Waals surface area contributed by atoms with E-state index in [1.54, 1.807) is 23.1 Å². The van der Waals surface area contributed by atoms with Gasteiger partial charge in [0.25, 0.3) is 0 Å². The maximum atomic E-state index is 13.5. The summed E-state index contributed by atoms with van der Waals surface area (Å²) in [4.78, 5) is 0. The molecular formula is C10H8FIN2. The molecule has 0 spiro atoms. The zero-order chi connectivity index (χ0) is 10.1. The second-order valence-corrected chi connectivity index (χ2v) is 4.25. The SMILES string of the molecule is Cc1cccc(F)c1-n1cc(I)cn1. The van der Waals surface area contributed by atoms with Gasteiger partial charge in [0.15, 0.2) is 0 Å². The molecule has 1 heterocycles. The molecule has 0 aliphatic rings. The summed E-state index contributed by atoms with van der Waals surface area (Å²) in [5, 5.41) is 4.08. The standard InChI is InChI=1S/C10H8FIN2/c1-7-3-2-4-9(11)10(7)14-6-8(12)5-13-14/h2-6H,1H3. The van der Waals surface area contributed by atoms with Crippen molar-refractivity contribution in [3.8, 4) is 5.69 Å². The van der Waals surface area contributed by atoms with Gasteiger partial charge in [-0.1, -0.05) is 12.1 Å². The Labute approximate surface area is 94.9 Å². The number of para-hydroxylation sites is 1. The van der Waals surface area contributed by atoms with Gasteiger partial charge in [-0.25, -0.2) is 9.07 Å². The minimum Gasteiger partial charge on any atom is -0.237 e. The number of hydrogen-bond donors (Lipinski definition) is 0. The number of halogens is 2. The van der Waals surface area contributed by atoms with Crippen LogP contribution in [0.25, 0.3) is 5.69 Å². The minimum absolute atomic E-state index is 0.246. The number of benzene rings is 1. The van der Waals surface area contributed by atoms with E-state index < -0.39 is 0 Å². The summed E-state index contributed by atoms with van der Waals surface area (Å²) in [6.45, 7) is 1.87. The second-order valence-electron chi connectivity index (χ2n) is 3.01. The van der Waals surface area contributed by atoms with Crippen molar-refractivity contribution in [1.82, 2.24) is 9.78 Å². The van der Waals surface area contributed by atoms with Crippen molar-refractivity contribution in [2.75, 3.05) is 0 Å². The normalized spacial score (nSPS) is 10.5. The Balaban J connectivity index is 2.61. The van der Waals surface area contributed by atoms with Gasteiger partial charge < -0.3 is 0 Å². The minimum atomic E-state index is -0.246. The van der Waals surface area contributed by atoms with Crippen LogP contribution in [0.15, 0.2) is 30.6 Å². The molecule has 0 aliphatic carbocycles. The first kappa shape index (κ1) is 9.64. The van der Waals surface area contributed by atoms with E-state index in [1.807, 2.05) is 13.0 Å². The Morgan fingerprint density at radius 1 is 1.43 bits per heavy atom. The van der Waals surface area contributed by atoms with Crippen molar-refractivity contribution in [1.29, 1.82) is 0 Å². The molecule has 0 aliphatic heterocycles. The van der Waals surface area contributed by atoms with Gasteiger partial charge in [-0.3, -0.25) is 0 Å². The van der Waals surface area contributed by atoms with E-state index in [1.165, 1.54) is 6.07 Å². The van der Waals surface area contributed by atoms with E-state index in [-0.39, 0.29) is 5.82 Å². The fourth-order valence-corrected chi connectivity index (χ4v) is 1.72. The van der Waals surface area contributed by atoms with Gasteiger partial charge in [0, 0.05) is 6.20 Å². The van der Waals surface area contributed by atoms with Crippen LogP contribution in [-0.2, 0) is 0 Å². The molecule has 0 bridgehead atoms.